The van der Waals surface area contributed by atoms with Gasteiger partial charge >= 0.3 is 0 Å². The molecular formula is C10H14ClN3O2. The Morgan fingerprint density at radius 3 is 2.88 bits per heavy atom. The summed E-state index contributed by atoms with van der Waals surface area (Å²) >= 11 is 5.98. The second-order valence-electron chi connectivity index (χ2n) is 4.44. The summed E-state index contributed by atoms with van der Waals surface area (Å²) in [5.74, 6) is 0. The number of aryl methyl sites for hydroxylation is 1. The largest absolute Gasteiger partial charge is 0.388 e. The van der Waals surface area contributed by atoms with Crippen LogP contribution in [0.4, 0.5) is 5.69 Å². The van der Waals surface area contributed by atoms with E-state index in [9.17, 15) is 9.90 Å². The molecule has 2 heterocycles. The van der Waals surface area contributed by atoms with Crippen molar-refractivity contribution in [3.63, 3.8) is 0 Å². The number of hydrogen-bond donors (Lipinski definition) is 1. The molecule has 1 N–H and O–H groups in total. The van der Waals surface area contributed by atoms with Gasteiger partial charge in [-0.15, -0.1) is 0 Å². The molecule has 16 heavy (non-hydrogen) atoms. The average molecular weight is 244 g/mol. The van der Waals surface area contributed by atoms with E-state index in [0.717, 1.165) is 0 Å². The topological polar surface area (TPSA) is 58.4 Å². The first-order valence-electron chi connectivity index (χ1n) is 5.10. The lowest BCUT2D eigenvalue weighted by atomic mass is 10.1. The van der Waals surface area contributed by atoms with E-state index in [4.69, 9.17) is 11.6 Å². The maximum Gasteiger partial charge on any atom is 0.287 e. The lowest BCUT2D eigenvalue weighted by Gasteiger charge is -2.21. The van der Waals surface area contributed by atoms with Gasteiger partial charge in [-0.1, -0.05) is 11.6 Å². The fraction of sp³-hybridized carbons (Fsp3) is 0.600. The number of rotatable bonds is 1. The van der Waals surface area contributed by atoms with Gasteiger partial charge in [-0.2, -0.15) is 5.10 Å². The molecule has 1 saturated heterocycles. The Bertz CT molecular complexity index is 470. The van der Waals surface area contributed by atoms with Crippen molar-refractivity contribution in [1.82, 2.24) is 9.78 Å². The van der Waals surface area contributed by atoms with Gasteiger partial charge in [-0.05, 0) is 13.3 Å². The van der Waals surface area contributed by atoms with Crippen molar-refractivity contribution in [3.05, 3.63) is 21.6 Å². The minimum atomic E-state index is -0.718. The predicted octanol–water partition coefficient (Wildman–Crippen LogP) is 0.395. The second kappa shape index (κ2) is 3.75. The van der Waals surface area contributed by atoms with E-state index in [0.29, 0.717) is 25.2 Å². The molecule has 0 aliphatic carbocycles. The van der Waals surface area contributed by atoms with E-state index in [1.807, 2.05) is 4.90 Å². The SMILES string of the molecule is Cn1ncc(N2CCC(C)(O)C2)c(Cl)c1=O. The maximum absolute atomic E-state index is 11.6. The van der Waals surface area contributed by atoms with Crippen molar-refractivity contribution in [2.75, 3.05) is 18.0 Å². The number of hydrogen-bond acceptors (Lipinski definition) is 4. The average Bonchev–Trinajstić information content (AvgIpc) is 2.55. The molecule has 1 fully saturated rings. The summed E-state index contributed by atoms with van der Waals surface area (Å²) in [5.41, 5.74) is -0.432. The van der Waals surface area contributed by atoms with E-state index in [1.54, 1.807) is 20.2 Å². The molecule has 1 atom stereocenters. The van der Waals surface area contributed by atoms with Gasteiger partial charge < -0.3 is 10.0 Å². The number of halogens is 1. The molecule has 1 unspecified atom stereocenters. The number of anilines is 1. The Hall–Kier alpha value is -1.07. The number of β-amino-alcohol motifs (C(OH)–C–C–N with tert-alkyl or cyclic N) is 1. The van der Waals surface area contributed by atoms with Crippen LogP contribution in [0.2, 0.25) is 5.02 Å². The van der Waals surface area contributed by atoms with Gasteiger partial charge in [0.15, 0.2) is 0 Å². The molecule has 0 bridgehead atoms. The van der Waals surface area contributed by atoms with Gasteiger partial charge in [-0.25, -0.2) is 4.68 Å². The summed E-state index contributed by atoms with van der Waals surface area (Å²) in [5, 5.41) is 13.9. The Morgan fingerprint density at radius 2 is 2.31 bits per heavy atom. The highest BCUT2D eigenvalue weighted by Gasteiger charge is 2.32. The molecule has 0 amide bonds. The van der Waals surface area contributed by atoms with Crippen LogP contribution in [-0.2, 0) is 7.05 Å². The monoisotopic (exact) mass is 243 g/mol. The van der Waals surface area contributed by atoms with Gasteiger partial charge in [0.05, 0.1) is 17.5 Å². The summed E-state index contributed by atoms with van der Waals surface area (Å²) in [6.07, 6.45) is 2.23. The Morgan fingerprint density at radius 1 is 1.62 bits per heavy atom. The highest BCUT2D eigenvalue weighted by molar-refractivity contribution is 6.33. The van der Waals surface area contributed by atoms with E-state index >= 15 is 0 Å². The van der Waals surface area contributed by atoms with Crippen molar-refractivity contribution in [1.29, 1.82) is 0 Å². The van der Waals surface area contributed by atoms with Crippen LogP contribution in [0, 0.1) is 0 Å². The molecule has 0 aromatic carbocycles. The summed E-state index contributed by atoms with van der Waals surface area (Å²) in [6, 6.07) is 0. The molecule has 88 valence electrons. The molecule has 6 heteroatoms. The summed E-state index contributed by atoms with van der Waals surface area (Å²) in [7, 11) is 1.55. The van der Waals surface area contributed by atoms with Crippen LogP contribution in [0.1, 0.15) is 13.3 Å². The third-order valence-electron chi connectivity index (χ3n) is 2.85. The molecule has 0 saturated carbocycles. The normalized spacial score (nSPS) is 25.1. The zero-order valence-electron chi connectivity index (χ0n) is 9.27. The highest BCUT2D eigenvalue weighted by atomic mass is 35.5. The van der Waals surface area contributed by atoms with Crippen molar-refractivity contribution in [3.8, 4) is 0 Å². The minimum absolute atomic E-state index is 0.162. The van der Waals surface area contributed by atoms with Gasteiger partial charge in [0.25, 0.3) is 5.56 Å². The van der Waals surface area contributed by atoms with Gasteiger partial charge in [0.2, 0.25) is 0 Å². The number of aliphatic hydroxyl groups is 1. The first-order valence-corrected chi connectivity index (χ1v) is 5.48. The van der Waals surface area contributed by atoms with Crippen LogP contribution in [0.25, 0.3) is 0 Å². The van der Waals surface area contributed by atoms with Crippen molar-refractivity contribution < 1.29 is 5.11 Å². The predicted molar refractivity (Wildman–Crippen MR) is 61.9 cm³/mol. The lowest BCUT2D eigenvalue weighted by molar-refractivity contribution is 0.0839. The number of nitrogens with zero attached hydrogens (tertiary/aromatic N) is 3. The van der Waals surface area contributed by atoms with E-state index < -0.39 is 5.60 Å². The molecule has 1 aromatic heterocycles. The van der Waals surface area contributed by atoms with Gasteiger partial charge in [0.1, 0.15) is 5.02 Å². The molecule has 1 aliphatic rings. The van der Waals surface area contributed by atoms with Crippen molar-refractivity contribution in [2.24, 2.45) is 7.05 Å². The molecule has 1 aliphatic heterocycles. The molecule has 0 spiro atoms. The molecule has 0 radical (unpaired) electrons. The van der Waals surface area contributed by atoms with Crippen LogP contribution < -0.4 is 10.5 Å². The third kappa shape index (κ3) is 1.92. The zero-order chi connectivity index (χ0) is 11.9. The Kier molecular flexibility index (Phi) is 2.67. The van der Waals surface area contributed by atoms with Crippen molar-refractivity contribution in [2.45, 2.75) is 18.9 Å². The lowest BCUT2D eigenvalue weighted by Crippen LogP contribution is -2.31. The standard InChI is InChI=1S/C10H14ClN3O2/c1-10(16)3-4-14(6-10)7-5-12-13(2)9(15)8(7)11/h5,16H,3-4,6H2,1-2H3. The van der Waals surface area contributed by atoms with Gasteiger partial charge in [0, 0.05) is 20.1 Å². The fourth-order valence-corrected chi connectivity index (χ4v) is 2.16. The molecule has 2 rings (SSSR count). The molecule has 5 nitrogen and oxygen atoms in total. The quantitative estimate of drug-likeness (QED) is 0.776. The van der Waals surface area contributed by atoms with Gasteiger partial charge in [-0.3, -0.25) is 4.79 Å². The summed E-state index contributed by atoms with van der Waals surface area (Å²) in [4.78, 5) is 13.5. The smallest absolute Gasteiger partial charge is 0.287 e. The van der Waals surface area contributed by atoms with Crippen LogP contribution in [0.3, 0.4) is 0 Å². The van der Waals surface area contributed by atoms with Crippen LogP contribution in [-0.4, -0.2) is 33.6 Å². The molecular weight excluding hydrogens is 230 g/mol. The van der Waals surface area contributed by atoms with Crippen LogP contribution >= 0.6 is 11.6 Å². The summed E-state index contributed by atoms with van der Waals surface area (Å²) in [6.45, 7) is 2.93. The van der Waals surface area contributed by atoms with Crippen molar-refractivity contribution >= 4 is 17.3 Å². The zero-order valence-corrected chi connectivity index (χ0v) is 10.0. The highest BCUT2D eigenvalue weighted by Crippen LogP contribution is 2.29. The molecule has 1 aromatic rings. The third-order valence-corrected chi connectivity index (χ3v) is 3.21. The Labute approximate surface area is 98.3 Å². The van der Waals surface area contributed by atoms with E-state index in [-0.39, 0.29) is 10.6 Å². The second-order valence-corrected chi connectivity index (χ2v) is 4.82. The minimum Gasteiger partial charge on any atom is -0.388 e. The van der Waals surface area contributed by atoms with Crippen LogP contribution in [0.5, 0.6) is 0 Å². The van der Waals surface area contributed by atoms with E-state index in [2.05, 4.69) is 5.10 Å². The maximum atomic E-state index is 11.6. The first kappa shape index (κ1) is 11.4. The first-order chi connectivity index (χ1) is 7.41. The number of aromatic nitrogens is 2. The van der Waals surface area contributed by atoms with E-state index in [1.165, 1.54) is 4.68 Å². The Balaban J connectivity index is 2.36. The van der Waals surface area contributed by atoms with Crippen LogP contribution in [0.15, 0.2) is 11.0 Å². The fourth-order valence-electron chi connectivity index (χ4n) is 1.87. The summed E-state index contributed by atoms with van der Waals surface area (Å²) < 4.78 is 1.19.